The summed E-state index contributed by atoms with van der Waals surface area (Å²) in [5.41, 5.74) is 0. The highest BCUT2D eigenvalue weighted by molar-refractivity contribution is 7.91. The third-order valence-electron chi connectivity index (χ3n) is 4.89. The fourth-order valence-electron chi connectivity index (χ4n) is 3.85. The zero-order valence-corrected chi connectivity index (χ0v) is 13.8. The highest BCUT2D eigenvalue weighted by atomic mass is 32.2. The van der Waals surface area contributed by atoms with Gasteiger partial charge in [0.05, 0.1) is 5.25 Å². The molecule has 20 heavy (non-hydrogen) atoms. The Kier molecular flexibility index (Phi) is 5.87. The average Bonchev–Trinajstić information content (AvgIpc) is 2.45. The van der Waals surface area contributed by atoms with Crippen LogP contribution < -0.4 is 5.32 Å². The summed E-state index contributed by atoms with van der Waals surface area (Å²) in [6.07, 6.45) is 8.99. The molecule has 1 N–H and O–H groups in total. The summed E-state index contributed by atoms with van der Waals surface area (Å²) >= 11 is 0. The maximum atomic E-state index is 11.9. The molecule has 0 aromatic carbocycles. The van der Waals surface area contributed by atoms with Crippen LogP contribution in [0.4, 0.5) is 0 Å². The van der Waals surface area contributed by atoms with Crippen LogP contribution in [0.2, 0.25) is 0 Å². The van der Waals surface area contributed by atoms with Crippen LogP contribution in [-0.4, -0.2) is 56.5 Å². The Balaban J connectivity index is 2.04. The van der Waals surface area contributed by atoms with Gasteiger partial charge in [-0.1, -0.05) is 13.3 Å². The minimum atomic E-state index is -2.88. The first kappa shape index (κ1) is 16.2. The van der Waals surface area contributed by atoms with Gasteiger partial charge in [0.1, 0.15) is 9.84 Å². The van der Waals surface area contributed by atoms with Crippen molar-refractivity contribution in [3.63, 3.8) is 0 Å². The van der Waals surface area contributed by atoms with E-state index < -0.39 is 9.84 Å². The molecular weight excluding hydrogens is 272 g/mol. The third-order valence-corrected chi connectivity index (χ3v) is 6.53. The Labute approximate surface area is 124 Å². The molecule has 3 unspecified atom stereocenters. The lowest BCUT2D eigenvalue weighted by Gasteiger charge is -2.43. The van der Waals surface area contributed by atoms with Crippen molar-refractivity contribution >= 4 is 9.84 Å². The standard InChI is InChI=1S/C15H30N2O2S/c1-3-10-17(14-7-5-9-16-12-14)13-6-4-8-15(11-13)20(2,18)19/h13-16H,3-12H2,1-2H3. The average molecular weight is 302 g/mol. The lowest BCUT2D eigenvalue weighted by Crippen LogP contribution is -2.52. The molecular formula is C15H30N2O2S. The van der Waals surface area contributed by atoms with Gasteiger partial charge >= 0.3 is 0 Å². The molecule has 0 spiro atoms. The lowest BCUT2D eigenvalue weighted by atomic mass is 9.91. The number of hydrogen-bond donors (Lipinski definition) is 1. The van der Waals surface area contributed by atoms with Gasteiger partial charge < -0.3 is 5.32 Å². The third kappa shape index (κ3) is 4.18. The van der Waals surface area contributed by atoms with Gasteiger partial charge in [0.2, 0.25) is 0 Å². The van der Waals surface area contributed by atoms with Gasteiger partial charge in [-0.25, -0.2) is 8.42 Å². The lowest BCUT2D eigenvalue weighted by molar-refractivity contribution is 0.0886. The molecule has 0 aromatic heterocycles. The molecule has 5 heteroatoms. The number of piperidine rings is 1. The Bertz CT molecular complexity index is 391. The molecule has 118 valence electrons. The molecule has 4 nitrogen and oxygen atoms in total. The first-order valence-electron chi connectivity index (χ1n) is 8.17. The van der Waals surface area contributed by atoms with Crippen molar-refractivity contribution in [2.75, 3.05) is 25.9 Å². The van der Waals surface area contributed by atoms with Crippen molar-refractivity contribution in [1.82, 2.24) is 10.2 Å². The fourth-order valence-corrected chi connectivity index (χ4v) is 5.01. The predicted molar refractivity (Wildman–Crippen MR) is 83.8 cm³/mol. The van der Waals surface area contributed by atoms with Gasteiger partial charge in [0.25, 0.3) is 0 Å². The summed E-state index contributed by atoms with van der Waals surface area (Å²) in [7, 11) is -2.88. The minimum absolute atomic E-state index is 0.114. The molecule has 2 rings (SSSR count). The molecule has 3 atom stereocenters. The number of rotatable bonds is 5. The van der Waals surface area contributed by atoms with Crippen LogP contribution in [0, 0.1) is 0 Å². The normalized spacial score (nSPS) is 32.5. The smallest absolute Gasteiger partial charge is 0.150 e. The summed E-state index contributed by atoms with van der Waals surface area (Å²) in [5.74, 6) is 0. The van der Waals surface area contributed by atoms with Gasteiger partial charge in [0, 0.05) is 24.9 Å². The summed E-state index contributed by atoms with van der Waals surface area (Å²) in [4.78, 5) is 2.61. The van der Waals surface area contributed by atoms with E-state index in [9.17, 15) is 8.42 Å². The van der Waals surface area contributed by atoms with Crippen molar-refractivity contribution in [3.8, 4) is 0 Å². The quantitative estimate of drug-likeness (QED) is 0.841. The Morgan fingerprint density at radius 1 is 1.15 bits per heavy atom. The molecule has 0 bridgehead atoms. The van der Waals surface area contributed by atoms with E-state index in [1.165, 1.54) is 25.5 Å². The van der Waals surface area contributed by atoms with Crippen LogP contribution in [0.25, 0.3) is 0 Å². The predicted octanol–water partition coefficient (Wildman–Crippen LogP) is 1.81. The van der Waals surface area contributed by atoms with E-state index in [0.717, 1.165) is 45.3 Å². The zero-order chi connectivity index (χ0) is 14.6. The maximum absolute atomic E-state index is 11.9. The van der Waals surface area contributed by atoms with Crippen molar-refractivity contribution in [2.45, 2.75) is 69.2 Å². The largest absolute Gasteiger partial charge is 0.315 e. The Hall–Kier alpha value is -0.130. The van der Waals surface area contributed by atoms with E-state index in [1.807, 2.05) is 0 Å². The van der Waals surface area contributed by atoms with E-state index in [2.05, 4.69) is 17.1 Å². The molecule has 0 radical (unpaired) electrons. The SMILES string of the molecule is CCCN(C1CCCNC1)C1CCCC(S(C)(=O)=O)C1. The molecule has 2 fully saturated rings. The second kappa shape index (κ2) is 7.23. The number of sulfone groups is 1. The van der Waals surface area contributed by atoms with Crippen LogP contribution in [0.15, 0.2) is 0 Å². The molecule has 0 aromatic rings. The zero-order valence-electron chi connectivity index (χ0n) is 13.0. The van der Waals surface area contributed by atoms with Gasteiger partial charge in [-0.05, 0) is 51.6 Å². The van der Waals surface area contributed by atoms with E-state index in [0.29, 0.717) is 12.1 Å². The van der Waals surface area contributed by atoms with Gasteiger partial charge in [0.15, 0.2) is 0 Å². The first-order chi connectivity index (χ1) is 9.52. The van der Waals surface area contributed by atoms with Crippen LogP contribution in [0.1, 0.15) is 51.9 Å². The minimum Gasteiger partial charge on any atom is -0.315 e. The molecule has 1 aliphatic heterocycles. The van der Waals surface area contributed by atoms with E-state index in [1.54, 1.807) is 0 Å². The van der Waals surface area contributed by atoms with Gasteiger partial charge in [-0.3, -0.25) is 4.90 Å². The van der Waals surface area contributed by atoms with Crippen LogP contribution in [-0.2, 0) is 9.84 Å². The second-order valence-electron chi connectivity index (χ2n) is 6.51. The van der Waals surface area contributed by atoms with Gasteiger partial charge in [-0.2, -0.15) is 0 Å². The molecule has 1 saturated heterocycles. The maximum Gasteiger partial charge on any atom is 0.150 e. The second-order valence-corrected chi connectivity index (χ2v) is 8.84. The number of nitrogens with one attached hydrogen (secondary N) is 1. The summed E-state index contributed by atoms with van der Waals surface area (Å²) in [5, 5.41) is 3.38. The molecule has 1 saturated carbocycles. The Morgan fingerprint density at radius 3 is 2.50 bits per heavy atom. The number of hydrogen-bond acceptors (Lipinski definition) is 4. The van der Waals surface area contributed by atoms with Crippen molar-refractivity contribution in [3.05, 3.63) is 0 Å². The van der Waals surface area contributed by atoms with Crippen molar-refractivity contribution in [2.24, 2.45) is 0 Å². The fraction of sp³-hybridized carbons (Fsp3) is 1.00. The molecule has 1 heterocycles. The topological polar surface area (TPSA) is 49.4 Å². The van der Waals surface area contributed by atoms with Crippen molar-refractivity contribution in [1.29, 1.82) is 0 Å². The van der Waals surface area contributed by atoms with Crippen LogP contribution >= 0.6 is 0 Å². The summed E-state index contributed by atoms with van der Waals surface area (Å²) < 4.78 is 23.7. The summed E-state index contributed by atoms with van der Waals surface area (Å²) in [6, 6.07) is 1.07. The summed E-state index contributed by atoms with van der Waals surface area (Å²) in [6.45, 7) is 5.53. The van der Waals surface area contributed by atoms with Gasteiger partial charge in [-0.15, -0.1) is 0 Å². The molecule has 2 aliphatic rings. The van der Waals surface area contributed by atoms with Crippen molar-refractivity contribution < 1.29 is 8.42 Å². The number of nitrogens with zero attached hydrogens (tertiary/aromatic N) is 1. The van der Waals surface area contributed by atoms with E-state index in [-0.39, 0.29) is 5.25 Å². The van der Waals surface area contributed by atoms with E-state index >= 15 is 0 Å². The van der Waals surface area contributed by atoms with Crippen LogP contribution in [0.3, 0.4) is 0 Å². The molecule has 0 amide bonds. The highest BCUT2D eigenvalue weighted by Gasteiger charge is 2.34. The highest BCUT2D eigenvalue weighted by Crippen LogP contribution is 2.29. The monoisotopic (exact) mass is 302 g/mol. The van der Waals surface area contributed by atoms with Crippen LogP contribution in [0.5, 0.6) is 0 Å². The van der Waals surface area contributed by atoms with E-state index in [4.69, 9.17) is 0 Å². The molecule has 1 aliphatic carbocycles. The first-order valence-corrected chi connectivity index (χ1v) is 10.1. The Morgan fingerprint density at radius 2 is 1.90 bits per heavy atom.